The van der Waals surface area contributed by atoms with Crippen LogP contribution in [0.2, 0.25) is 10.2 Å². The number of fused-ring (bicyclic) bond motifs is 1. The summed E-state index contributed by atoms with van der Waals surface area (Å²) in [5.41, 5.74) is 0.186. The number of carbonyl (C=O) groups excluding carboxylic acids is 1. The van der Waals surface area contributed by atoms with Crippen LogP contribution < -0.4 is 5.32 Å². The van der Waals surface area contributed by atoms with Gasteiger partial charge in [0.05, 0.1) is 6.54 Å². The van der Waals surface area contributed by atoms with E-state index in [1.165, 1.54) is 9.36 Å². The Morgan fingerprint density at radius 3 is 2.56 bits per heavy atom. The molecular formula is C16H18Cl2F3N5O. The molecule has 0 aliphatic heterocycles. The number of aromatic nitrogens is 4. The number of hydrogen-bond donors (Lipinski definition) is 1. The number of hydrogen-bond acceptors (Lipinski definition) is 3. The highest BCUT2D eigenvalue weighted by Crippen LogP contribution is 2.37. The first kappa shape index (κ1) is 20.0. The largest absolute Gasteiger partial charge is 0.435 e. The van der Waals surface area contributed by atoms with Crippen LogP contribution in [0.5, 0.6) is 0 Å². The number of carbonyl (C=O) groups is 1. The number of nitrogens with zero attached hydrogens (tertiary/aromatic N) is 4. The van der Waals surface area contributed by atoms with Gasteiger partial charge in [-0.2, -0.15) is 23.4 Å². The second-order valence-electron chi connectivity index (χ2n) is 6.39. The van der Waals surface area contributed by atoms with E-state index in [4.69, 9.17) is 23.2 Å². The first-order chi connectivity index (χ1) is 12.6. The van der Waals surface area contributed by atoms with Crippen molar-refractivity contribution in [1.29, 1.82) is 0 Å². The molecule has 6 nitrogen and oxygen atoms in total. The van der Waals surface area contributed by atoms with Crippen LogP contribution in [0.3, 0.4) is 0 Å². The van der Waals surface area contributed by atoms with E-state index < -0.39 is 23.8 Å². The Hall–Kier alpha value is -1.74. The van der Waals surface area contributed by atoms with E-state index in [0.29, 0.717) is 37.1 Å². The molecule has 1 aliphatic carbocycles. The SMILES string of the molecule is CCC(C(=O)NCc1nn(C)c(Cl)c1Cl)n1nc(C(F)(F)F)c2c1CCC2. The first-order valence-electron chi connectivity index (χ1n) is 8.47. The minimum Gasteiger partial charge on any atom is -0.348 e. The molecule has 1 N–H and O–H groups in total. The van der Waals surface area contributed by atoms with Crippen LogP contribution in [0.4, 0.5) is 13.2 Å². The standard InChI is InChI=1S/C16H18Cl2F3N5O/c1-3-10(15(27)22-7-9-12(17)14(18)25(2)23-9)26-11-6-4-5-8(11)13(24-26)16(19,20)21/h10H,3-7H2,1-2H3,(H,22,27). The monoisotopic (exact) mass is 423 g/mol. The zero-order valence-electron chi connectivity index (χ0n) is 14.7. The van der Waals surface area contributed by atoms with Crippen molar-refractivity contribution >= 4 is 29.1 Å². The van der Waals surface area contributed by atoms with Gasteiger partial charge in [-0.15, -0.1) is 0 Å². The lowest BCUT2D eigenvalue weighted by Gasteiger charge is -2.17. The molecule has 0 spiro atoms. The molecule has 1 aliphatic rings. The Labute approximate surface area is 163 Å². The number of aryl methyl sites for hydroxylation is 1. The van der Waals surface area contributed by atoms with Gasteiger partial charge in [-0.25, -0.2) is 0 Å². The zero-order valence-corrected chi connectivity index (χ0v) is 16.2. The molecule has 0 radical (unpaired) electrons. The van der Waals surface area contributed by atoms with E-state index in [9.17, 15) is 18.0 Å². The second-order valence-corrected chi connectivity index (χ2v) is 7.12. The fraction of sp³-hybridized carbons (Fsp3) is 0.562. The van der Waals surface area contributed by atoms with Gasteiger partial charge in [-0.3, -0.25) is 14.2 Å². The summed E-state index contributed by atoms with van der Waals surface area (Å²) >= 11 is 12.0. The number of nitrogens with one attached hydrogen (secondary N) is 1. The molecule has 0 bridgehead atoms. The number of halogens is 5. The van der Waals surface area contributed by atoms with Crippen LogP contribution in [0.25, 0.3) is 0 Å². The maximum Gasteiger partial charge on any atom is 0.435 e. The van der Waals surface area contributed by atoms with E-state index in [1.807, 2.05) is 0 Å². The van der Waals surface area contributed by atoms with Crippen molar-refractivity contribution in [3.8, 4) is 0 Å². The van der Waals surface area contributed by atoms with Crippen molar-refractivity contribution in [2.45, 2.75) is 51.4 Å². The molecule has 0 aromatic carbocycles. The average molecular weight is 424 g/mol. The highest BCUT2D eigenvalue weighted by atomic mass is 35.5. The Balaban J connectivity index is 1.83. The van der Waals surface area contributed by atoms with Crippen LogP contribution in [0.15, 0.2) is 0 Å². The molecule has 148 valence electrons. The van der Waals surface area contributed by atoms with Gasteiger partial charge in [0.1, 0.15) is 21.9 Å². The van der Waals surface area contributed by atoms with Gasteiger partial charge in [0.25, 0.3) is 0 Å². The fourth-order valence-electron chi connectivity index (χ4n) is 3.35. The van der Waals surface area contributed by atoms with Gasteiger partial charge in [0, 0.05) is 18.3 Å². The van der Waals surface area contributed by atoms with Gasteiger partial charge < -0.3 is 5.32 Å². The van der Waals surface area contributed by atoms with Crippen molar-refractivity contribution in [3.63, 3.8) is 0 Å². The number of rotatable bonds is 5. The highest BCUT2D eigenvalue weighted by molar-refractivity contribution is 6.41. The third-order valence-corrected chi connectivity index (χ3v) is 5.56. The molecule has 2 aromatic rings. The molecule has 0 fully saturated rings. The first-order valence-corrected chi connectivity index (χ1v) is 9.22. The van der Waals surface area contributed by atoms with Gasteiger partial charge in [0.2, 0.25) is 5.91 Å². The summed E-state index contributed by atoms with van der Waals surface area (Å²) in [5, 5.41) is 11.0. The Bertz CT molecular complexity index is 875. The summed E-state index contributed by atoms with van der Waals surface area (Å²) in [7, 11) is 1.61. The second kappa shape index (κ2) is 7.35. The Kier molecular flexibility index (Phi) is 5.45. The molecule has 0 saturated heterocycles. The molecule has 1 atom stereocenters. The van der Waals surface area contributed by atoms with Gasteiger partial charge in [-0.1, -0.05) is 30.1 Å². The van der Waals surface area contributed by atoms with E-state index >= 15 is 0 Å². The van der Waals surface area contributed by atoms with Crippen LogP contribution >= 0.6 is 23.2 Å². The molecule has 27 heavy (non-hydrogen) atoms. The maximum absolute atomic E-state index is 13.3. The summed E-state index contributed by atoms with van der Waals surface area (Å²) in [4.78, 5) is 12.6. The number of amides is 1. The van der Waals surface area contributed by atoms with E-state index in [1.54, 1.807) is 14.0 Å². The molecular weight excluding hydrogens is 406 g/mol. The normalized spacial score (nSPS) is 15.1. The van der Waals surface area contributed by atoms with E-state index in [-0.39, 0.29) is 22.3 Å². The van der Waals surface area contributed by atoms with Crippen molar-refractivity contribution < 1.29 is 18.0 Å². The Morgan fingerprint density at radius 1 is 1.30 bits per heavy atom. The summed E-state index contributed by atoms with van der Waals surface area (Å²) in [6.07, 6.45) is -2.81. The smallest absolute Gasteiger partial charge is 0.348 e. The predicted octanol–water partition coefficient (Wildman–Crippen LogP) is 3.70. The van der Waals surface area contributed by atoms with Crippen LogP contribution in [0.1, 0.15) is 48.5 Å². The maximum atomic E-state index is 13.3. The molecule has 1 amide bonds. The molecule has 2 heterocycles. The molecule has 0 saturated carbocycles. The topological polar surface area (TPSA) is 64.7 Å². The van der Waals surface area contributed by atoms with Crippen molar-refractivity contribution in [1.82, 2.24) is 24.9 Å². The average Bonchev–Trinajstić information content (AvgIpc) is 3.25. The molecule has 1 unspecified atom stereocenters. The lowest BCUT2D eigenvalue weighted by molar-refractivity contribution is -0.142. The van der Waals surface area contributed by atoms with Gasteiger partial charge >= 0.3 is 6.18 Å². The molecule has 2 aromatic heterocycles. The fourth-order valence-corrected chi connectivity index (χ4v) is 3.72. The van der Waals surface area contributed by atoms with Crippen molar-refractivity contribution in [2.75, 3.05) is 0 Å². The summed E-state index contributed by atoms with van der Waals surface area (Å²) in [6.45, 7) is 1.75. The number of alkyl halides is 3. The van der Waals surface area contributed by atoms with Crippen molar-refractivity contribution in [3.05, 3.63) is 32.8 Å². The Morgan fingerprint density at radius 2 is 2.00 bits per heavy atom. The minimum atomic E-state index is -4.54. The van der Waals surface area contributed by atoms with Crippen molar-refractivity contribution in [2.24, 2.45) is 7.05 Å². The minimum absolute atomic E-state index is 0.0182. The zero-order chi connectivity index (χ0) is 19.9. The quantitative estimate of drug-likeness (QED) is 0.797. The van der Waals surface area contributed by atoms with E-state index in [2.05, 4.69) is 15.5 Å². The van der Waals surface area contributed by atoms with Crippen LogP contribution in [0, 0.1) is 0 Å². The third kappa shape index (κ3) is 3.67. The summed E-state index contributed by atoms with van der Waals surface area (Å²) in [6, 6.07) is -0.842. The molecule has 3 rings (SSSR count). The predicted molar refractivity (Wildman–Crippen MR) is 93.7 cm³/mol. The van der Waals surface area contributed by atoms with Gasteiger partial charge in [-0.05, 0) is 25.7 Å². The highest BCUT2D eigenvalue weighted by Gasteiger charge is 2.41. The summed E-state index contributed by atoms with van der Waals surface area (Å²) < 4.78 is 42.4. The lowest BCUT2D eigenvalue weighted by Crippen LogP contribution is -2.33. The summed E-state index contributed by atoms with van der Waals surface area (Å²) in [5.74, 6) is -0.443. The van der Waals surface area contributed by atoms with Gasteiger partial charge in [0.15, 0.2) is 5.69 Å². The molecule has 11 heteroatoms. The van der Waals surface area contributed by atoms with E-state index in [0.717, 1.165) is 0 Å². The third-order valence-electron chi connectivity index (χ3n) is 4.63. The lowest BCUT2D eigenvalue weighted by atomic mass is 10.1. The van der Waals surface area contributed by atoms with Crippen LogP contribution in [-0.2, 0) is 37.4 Å². The van der Waals surface area contributed by atoms with Crippen LogP contribution in [-0.4, -0.2) is 25.5 Å².